The van der Waals surface area contributed by atoms with Crippen LogP contribution in [0.3, 0.4) is 0 Å². The van der Waals surface area contributed by atoms with Crippen molar-refractivity contribution in [3.63, 3.8) is 0 Å². The number of nitrogens with zero attached hydrogens (tertiary/aromatic N) is 1. The second-order valence-corrected chi connectivity index (χ2v) is 9.42. The van der Waals surface area contributed by atoms with Gasteiger partial charge in [0, 0.05) is 13.1 Å². The molecule has 2 aromatic rings. The van der Waals surface area contributed by atoms with Crippen LogP contribution in [-0.2, 0) is 14.8 Å². The SMILES string of the molecule is CCOc1ccc(S(=O)(=O)N2CCC[C@@H](C(=O)Nc3cccc(Cl)c3Cl)C2)cc1. The number of carbonyl (C=O) groups is 1. The highest BCUT2D eigenvalue weighted by atomic mass is 35.5. The number of hydrogen-bond donors (Lipinski definition) is 1. The zero-order valence-electron chi connectivity index (χ0n) is 15.9. The molecule has 0 radical (unpaired) electrons. The minimum atomic E-state index is -3.70. The fourth-order valence-corrected chi connectivity index (χ4v) is 5.11. The van der Waals surface area contributed by atoms with Crippen LogP contribution in [0.15, 0.2) is 47.4 Å². The largest absolute Gasteiger partial charge is 0.494 e. The van der Waals surface area contributed by atoms with Crippen LogP contribution in [0.2, 0.25) is 10.0 Å². The number of amides is 1. The topological polar surface area (TPSA) is 75.7 Å². The van der Waals surface area contributed by atoms with Crippen LogP contribution >= 0.6 is 23.2 Å². The number of nitrogens with one attached hydrogen (secondary N) is 1. The van der Waals surface area contributed by atoms with Gasteiger partial charge in [-0.15, -0.1) is 0 Å². The molecule has 0 saturated carbocycles. The normalized spacial score (nSPS) is 17.7. The van der Waals surface area contributed by atoms with Gasteiger partial charge < -0.3 is 10.1 Å². The number of rotatable bonds is 6. The van der Waals surface area contributed by atoms with Crippen LogP contribution < -0.4 is 10.1 Å². The van der Waals surface area contributed by atoms with Gasteiger partial charge in [0.25, 0.3) is 0 Å². The molecule has 0 spiro atoms. The van der Waals surface area contributed by atoms with E-state index in [0.29, 0.717) is 42.5 Å². The molecule has 3 rings (SSSR count). The first kappa shape index (κ1) is 21.9. The lowest BCUT2D eigenvalue weighted by atomic mass is 9.99. The molecule has 156 valence electrons. The maximum Gasteiger partial charge on any atom is 0.243 e. The average Bonchev–Trinajstić information content (AvgIpc) is 2.72. The van der Waals surface area contributed by atoms with Gasteiger partial charge in [0.05, 0.1) is 33.2 Å². The molecule has 1 heterocycles. The Bertz CT molecular complexity index is 980. The van der Waals surface area contributed by atoms with E-state index in [0.717, 1.165) is 0 Å². The highest BCUT2D eigenvalue weighted by Crippen LogP contribution is 2.31. The van der Waals surface area contributed by atoms with Gasteiger partial charge >= 0.3 is 0 Å². The van der Waals surface area contributed by atoms with Crippen LogP contribution in [0.1, 0.15) is 19.8 Å². The molecular weight excluding hydrogens is 435 g/mol. The zero-order valence-corrected chi connectivity index (χ0v) is 18.2. The second kappa shape index (κ2) is 9.34. The summed E-state index contributed by atoms with van der Waals surface area (Å²) in [5.74, 6) is -0.141. The minimum Gasteiger partial charge on any atom is -0.494 e. The van der Waals surface area contributed by atoms with Gasteiger partial charge in [-0.3, -0.25) is 4.79 Å². The van der Waals surface area contributed by atoms with E-state index < -0.39 is 15.9 Å². The Morgan fingerprint density at radius 2 is 1.93 bits per heavy atom. The second-order valence-electron chi connectivity index (χ2n) is 6.70. The molecule has 0 unspecified atom stereocenters. The Morgan fingerprint density at radius 1 is 1.21 bits per heavy atom. The molecule has 1 N–H and O–H groups in total. The van der Waals surface area contributed by atoms with Crippen molar-refractivity contribution in [2.24, 2.45) is 5.92 Å². The van der Waals surface area contributed by atoms with Crippen molar-refractivity contribution in [1.29, 1.82) is 0 Å². The molecule has 1 fully saturated rings. The molecule has 6 nitrogen and oxygen atoms in total. The summed E-state index contributed by atoms with van der Waals surface area (Å²) >= 11 is 12.1. The Kier molecular flexibility index (Phi) is 7.05. The molecule has 1 amide bonds. The summed E-state index contributed by atoms with van der Waals surface area (Å²) < 4.78 is 32.7. The Morgan fingerprint density at radius 3 is 2.62 bits per heavy atom. The van der Waals surface area contributed by atoms with E-state index >= 15 is 0 Å². The quantitative estimate of drug-likeness (QED) is 0.697. The van der Waals surface area contributed by atoms with E-state index in [1.165, 1.54) is 16.4 Å². The number of ether oxygens (including phenoxy) is 1. The standard InChI is InChI=1S/C20H22Cl2N2O4S/c1-2-28-15-8-10-16(11-9-15)29(26,27)24-12-4-5-14(13-24)20(25)23-18-7-3-6-17(21)19(18)22/h3,6-11,14H,2,4-5,12-13H2,1H3,(H,23,25)/t14-/m1/s1. The number of benzene rings is 2. The van der Waals surface area contributed by atoms with E-state index in [2.05, 4.69) is 5.32 Å². The first-order valence-corrected chi connectivity index (χ1v) is 11.5. The number of hydrogen-bond acceptors (Lipinski definition) is 4. The third-order valence-corrected chi connectivity index (χ3v) is 7.44. The highest BCUT2D eigenvalue weighted by molar-refractivity contribution is 7.89. The third-order valence-electron chi connectivity index (χ3n) is 4.74. The van der Waals surface area contributed by atoms with Crippen LogP contribution in [0, 0.1) is 5.92 Å². The van der Waals surface area contributed by atoms with Crippen molar-refractivity contribution in [1.82, 2.24) is 4.31 Å². The lowest BCUT2D eigenvalue weighted by Crippen LogP contribution is -2.43. The predicted molar refractivity (Wildman–Crippen MR) is 114 cm³/mol. The summed E-state index contributed by atoms with van der Waals surface area (Å²) in [4.78, 5) is 12.9. The van der Waals surface area contributed by atoms with Gasteiger partial charge in [-0.1, -0.05) is 29.3 Å². The van der Waals surface area contributed by atoms with E-state index in [1.54, 1.807) is 30.3 Å². The van der Waals surface area contributed by atoms with Crippen LogP contribution in [0.25, 0.3) is 0 Å². The molecule has 1 saturated heterocycles. The van der Waals surface area contributed by atoms with Crippen molar-refractivity contribution in [3.8, 4) is 5.75 Å². The molecule has 1 aliphatic rings. The van der Waals surface area contributed by atoms with Crippen molar-refractivity contribution >= 4 is 44.8 Å². The molecular formula is C20H22Cl2N2O4S. The maximum atomic E-state index is 13.0. The Balaban J connectivity index is 1.72. The highest BCUT2D eigenvalue weighted by Gasteiger charge is 2.33. The fourth-order valence-electron chi connectivity index (χ4n) is 3.23. The smallest absolute Gasteiger partial charge is 0.243 e. The molecule has 1 aliphatic heterocycles. The zero-order chi connectivity index (χ0) is 21.0. The fraction of sp³-hybridized carbons (Fsp3) is 0.350. The molecule has 0 bridgehead atoms. The van der Waals surface area contributed by atoms with Gasteiger partial charge in [-0.05, 0) is 56.2 Å². The van der Waals surface area contributed by atoms with E-state index in [-0.39, 0.29) is 22.4 Å². The van der Waals surface area contributed by atoms with Crippen molar-refractivity contribution in [3.05, 3.63) is 52.5 Å². The van der Waals surface area contributed by atoms with E-state index in [1.807, 2.05) is 6.92 Å². The van der Waals surface area contributed by atoms with Gasteiger partial charge in [0.1, 0.15) is 5.75 Å². The van der Waals surface area contributed by atoms with Crippen molar-refractivity contribution in [2.45, 2.75) is 24.7 Å². The van der Waals surface area contributed by atoms with Crippen LogP contribution in [0.4, 0.5) is 5.69 Å². The van der Waals surface area contributed by atoms with Gasteiger partial charge in [0.15, 0.2) is 0 Å². The summed E-state index contributed by atoms with van der Waals surface area (Å²) in [5.41, 5.74) is 0.413. The number of piperidine rings is 1. The Hall–Kier alpha value is -1.80. The summed E-state index contributed by atoms with van der Waals surface area (Å²) in [5, 5.41) is 3.36. The third kappa shape index (κ3) is 5.04. The molecule has 0 aromatic heterocycles. The molecule has 1 atom stereocenters. The molecule has 0 aliphatic carbocycles. The predicted octanol–water partition coefficient (Wildman–Crippen LogP) is 4.43. The lowest BCUT2D eigenvalue weighted by Gasteiger charge is -2.31. The van der Waals surface area contributed by atoms with Crippen LogP contribution in [-0.4, -0.2) is 38.3 Å². The monoisotopic (exact) mass is 456 g/mol. The Labute approximate surface area is 180 Å². The van der Waals surface area contributed by atoms with Gasteiger partial charge in [-0.25, -0.2) is 8.42 Å². The van der Waals surface area contributed by atoms with Crippen molar-refractivity contribution in [2.75, 3.05) is 25.0 Å². The molecule has 2 aromatic carbocycles. The average molecular weight is 457 g/mol. The molecule has 29 heavy (non-hydrogen) atoms. The summed E-state index contributed by atoms with van der Waals surface area (Å²) in [6, 6.07) is 11.3. The molecule has 9 heteroatoms. The van der Waals surface area contributed by atoms with Gasteiger partial charge in [0.2, 0.25) is 15.9 Å². The number of carbonyl (C=O) groups excluding carboxylic acids is 1. The van der Waals surface area contributed by atoms with Crippen LogP contribution in [0.5, 0.6) is 5.75 Å². The summed E-state index contributed by atoms with van der Waals surface area (Å²) in [7, 11) is -3.70. The minimum absolute atomic E-state index is 0.111. The lowest BCUT2D eigenvalue weighted by molar-refractivity contribution is -0.120. The maximum absolute atomic E-state index is 13.0. The number of halogens is 2. The first-order chi connectivity index (χ1) is 13.8. The number of anilines is 1. The van der Waals surface area contributed by atoms with Crippen molar-refractivity contribution < 1.29 is 17.9 Å². The number of sulfonamides is 1. The first-order valence-electron chi connectivity index (χ1n) is 9.31. The van der Waals surface area contributed by atoms with E-state index in [9.17, 15) is 13.2 Å². The van der Waals surface area contributed by atoms with E-state index in [4.69, 9.17) is 27.9 Å². The van der Waals surface area contributed by atoms with Gasteiger partial charge in [-0.2, -0.15) is 4.31 Å². The summed E-state index contributed by atoms with van der Waals surface area (Å²) in [6.45, 7) is 2.85. The summed E-state index contributed by atoms with van der Waals surface area (Å²) in [6.07, 6.45) is 1.19.